The molecule has 122 valence electrons. The van der Waals surface area contributed by atoms with Crippen molar-refractivity contribution in [2.75, 3.05) is 18.4 Å². The fraction of sp³-hybridized carbons (Fsp3) is 0.467. The molecule has 8 heteroatoms. The highest BCUT2D eigenvalue weighted by Gasteiger charge is 2.52. The number of nitrogens with two attached hydrogens (primary N) is 1. The molecule has 3 amide bonds. The second kappa shape index (κ2) is 6.23. The van der Waals surface area contributed by atoms with Crippen LogP contribution in [-0.4, -0.2) is 46.4 Å². The van der Waals surface area contributed by atoms with Crippen LogP contribution in [0.1, 0.15) is 25.7 Å². The number of carbonyl (C=O) groups excluding carboxylic acids is 2. The van der Waals surface area contributed by atoms with Crippen molar-refractivity contribution < 1.29 is 9.59 Å². The predicted molar refractivity (Wildman–Crippen MR) is 85.8 cm³/mol. The molecule has 8 nitrogen and oxygen atoms in total. The summed E-state index contributed by atoms with van der Waals surface area (Å²) in [6, 6.07) is 5.07. The van der Waals surface area contributed by atoms with Crippen molar-refractivity contribution in [3.05, 3.63) is 24.4 Å². The molecular weight excluding hydrogens is 296 g/mol. The molecule has 1 spiro atoms. The number of aliphatic imine (C=N–C) groups is 1. The van der Waals surface area contributed by atoms with E-state index in [-0.39, 0.29) is 31.0 Å². The molecule has 1 saturated carbocycles. The summed E-state index contributed by atoms with van der Waals surface area (Å²) in [6.45, 7) is 0.470. The summed E-state index contributed by atoms with van der Waals surface area (Å²) in [6.07, 6.45) is 5.03. The smallest absolute Gasteiger partial charge is 0.325 e. The highest BCUT2D eigenvalue weighted by molar-refractivity contribution is 6.07. The number of aromatic nitrogens is 1. The van der Waals surface area contributed by atoms with Crippen molar-refractivity contribution in [2.45, 2.75) is 31.2 Å². The lowest BCUT2D eigenvalue weighted by molar-refractivity contribution is -0.131. The molecule has 1 aliphatic heterocycles. The normalized spacial score (nSPS) is 20.2. The summed E-state index contributed by atoms with van der Waals surface area (Å²) < 4.78 is 0. The van der Waals surface area contributed by atoms with Gasteiger partial charge in [-0.25, -0.2) is 9.78 Å². The Hall–Kier alpha value is -2.64. The molecule has 1 aromatic heterocycles. The lowest BCUT2D eigenvalue weighted by Crippen LogP contribution is -2.44. The first kappa shape index (κ1) is 15.3. The third-order valence-corrected chi connectivity index (χ3v) is 4.23. The monoisotopic (exact) mass is 316 g/mol. The molecule has 1 aromatic rings. The van der Waals surface area contributed by atoms with E-state index in [1.54, 1.807) is 18.3 Å². The third kappa shape index (κ3) is 3.10. The van der Waals surface area contributed by atoms with Gasteiger partial charge in [-0.2, -0.15) is 0 Å². The number of nitrogens with zero attached hydrogens (tertiary/aromatic N) is 3. The molecule has 2 fully saturated rings. The van der Waals surface area contributed by atoms with E-state index in [0.717, 1.165) is 25.7 Å². The zero-order chi connectivity index (χ0) is 16.3. The molecule has 2 heterocycles. The molecule has 4 N–H and O–H groups in total. The Labute approximate surface area is 134 Å². The summed E-state index contributed by atoms with van der Waals surface area (Å²) in [5, 5.41) is 5.69. The van der Waals surface area contributed by atoms with E-state index in [9.17, 15) is 9.59 Å². The van der Waals surface area contributed by atoms with Crippen LogP contribution in [0.5, 0.6) is 0 Å². The molecule has 0 radical (unpaired) electrons. The van der Waals surface area contributed by atoms with Gasteiger partial charge in [-0.05, 0) is 25.0 Å². The minimum atomic E-state index is -0.668. The quantitative estimate of drug-likeness (QED) is 0.429. The molecule has 1 saturated heterocycles. The number of guanidine groups is 1. The maximum Gasteiger partial charge on any atom is 0.325 e. The average molecular weight is 316 g/mol. The number of pyridine rings is 1. The summed E-state index contributed by atoms with van der Waals surface area (Å²) >= 11 is 0. The molecule has 0 bridgehead atoms. The zero-order valence-electron chi connectivity index (χ0n) is 12.8. The third-order valence-electron chi connectivity index (χ3n) is 4.23. The van der Waals surface area contributed by atoms with Gasteiger partial charge in [0.05, 0.1) is 13.1 Å². The summed E-state index contributed by atoms with van der Waals surface area (Å²) in [4.78, 5) is 33.9. The van der Waals surface area contributed by atoms with E-state index in [4.69, 9.17) is 5.73 Å². The van der Waals surface area contributed by atoms with Crippen LogP contribution in [0.3, 0.4) is 0 Å². The van der Waals surface area contributed by atoms with Gasteiger partial charge in [-0.1, -0.05) is 18.9 Å². The zero-order valence-corrected chi connectivity index (χ0v) is 12.8. The first-order valence-electron chi connectivity index (χ1n) is 7.73. The van der Waals surface area contributed by atoms with Crippen molar-refractivity contribution in [1.82, 2.24) is 15.2 Å². The highest BCUT2D eigenvalue weighted by atomic mass is 16.2. The van der Waals surface area contributed by atoms with Crippen molar-refractivity contribution in [1.29, 1.82) is 0 Å². The van der Waals surface area contributed by atoms with Gasteiger partial charge in [0.1, 0.15) is 11.4 Å². The summed E-state index contributed by atoms with van der Waals surface area (Å²) in [7, 11) is 0. The number of amides is 3. The second-order valence-electron chi connectivity index (χ2n) is 5.78. The number of nitrogens with one attached hydrogen (secondary N) is 2. The first-order valence-corrected chi connectivity index (χ1v) is 7.73. The SMILES string of the molecule is NC(=NCCN1C(=O)NC2(CCCC2)C1=O)Nc1ccccn1. The van der Waals surface area contributed by atoms with Crippen molar-refractivity contribution in [2.24, 2.45) is 10.7 Å². The first-order chi connectivity index (χ1) is 11.1. The van der Waals surface area contributed by atoms with Gasteiger partial charge < -0.3 is 16.4 Å². The predicted octanol–water partition coefficient (Wildman–Crippen LogP) is 0.673. The van der Waals surface area contributed by atoms with Gasteiger partial charge in [0, 0.05) is 6.20 Å². The van der Waals surface area contributed by atoms with Gasteiger partial charge in [-0.3, -0.25) is 14.7 Å². The topological polar surface area (TPSA) is 113 Å². The number of hydrogen-bond donors (Lipinski definition) is 3. The molecule has 0 unspecified atom stereocenters. The maximum atomic E-state index is 12.4. The Bertz CT molecular complexity index is 624. The molecule has 0 atom stereocenters. The number of anilines is 1. The average Bonchev–Trinajstić information content (AvgIpc) is 3.09. The van der Waals surface area contributed by atoms with Crippen LogP contribution in [-0.2, 0) is 4.79 Å². The number of imide groups is 1. The molecule has 1 aliphatic carbocycles. The lowest BCUT2D eigenvalue weighted by Gasteiger charge is -2.19. The molecule has 3 rings (SSSR count). The number of hydrogen-bond acceptors (Lipinski definition) is 4. The minimum Gasteiger partial charge on any atom is -0.370 e. The van der Waals surface area contributed by atoms with Crippen LogP contribution in [0.15, 0.2) is 29.4 Å². The Morgan fingerprint density at radius 2 is 2.17 bits per heavy atom. The van der Waals surface area contributed by atoms with Crippen molar-refractivity contribution in [3.63, 3.8) is 0 Å². The van der Waals surface area contributed by atoms with E-state index in [0.29, 0.717) is 5.82 Å². The number of urea groups is 1. The largest absolute Gasteiger partial charge is 0.370 e. The maximum absolute atomic E-state index is 12.4. The van der Waals surface area contributed by atoms with Crippen LogP contribution in [0, 0.1) is 0 Å². The van der Waals surface area contributed by atoms with E-state index >= 15 is 0 Å². The fourth-order valence-electron chi connectivity index (χ4n) is 3.07. The highest BCUT2D eigenvalue weighted by Crippen LogP contribution is 2.34. The lowest BCUT2D eigenvalue weighted by atomic mass is 9.98. The second-order valence-corrected chi connectivity index (χ2v) is 5.78. The summed E-state index contributed by atoms with van der Waals surface area (Å²) in [5.74, 6) is 0.659. The van der Waals surface area contributed by atoms with Crippen molar-refractivity contribution in [3.8, 4) is 0 Å². The minimum absolute atomic E-state index is 0.133. The van der Waals surface area contributed by atoms with E-state index in [2.05, 4.69) is 20.6 Å². The molecule has 2 aliphatic rings. The van der Waals surface area contributed by atoms with Crippen molar-refractivity contribution >= 4 is 23.7 Å². The Morgan fingerprint density at radius 3 is 2.87 bits per heavy atom. The van der Waals surface area contributed by atoms with Crippen LogP contribution in [0.4, 0.5) is 10.6 Å². The van der Waals surface area contributed by atoms with Crippen LogP contribution < -0.4 is 16.4 Å². The van der Waals surface area contributed by atoms with Gasteiger partial charge in [0.15, 0.2) is 5.96 Å². The molecule has 0 aromatic carbocycles. The van der Waals surface area contributed by atoms with Crippen LogP contribution >= 0.6 is 0 Å². The summed E-state index contributed by atoms with van der Waals surface area (Å²) in [5.41, 5.74) is 5.10. The van der Waals surface area contributed by atoms with E-state index in [1.807, 2.05) is 6.07 Å². The number of rotatable bonds is 4. The van der Waals surface area contributed by atoms with Crippen LogP contribution in [0.2, 0.25) is 0 Å². The van der Waals surface area contributed by atoms with Gasteiger partial charge >= 0.3 is 6.03 Å². The van der Waals surface area contributed by atoms with E-state index < -0.39 is 5.54 Å². The number of carbonyl (C=O) groups is 2. The standard InChI is InChI=1S/C15H20N6O2/c16-13(19-11-5-1-4-8-17-11)18-9-10-21-12(22)15(20-14(21)23)6-2-3-7-15/h1,4-5,8H,2-3,6-7,9-10H2,(H,20,23)(H3,16,17,18,19). The Balaban J connectivity index is 1.55. The molecule has 23 heavy (non-hydrogen) atoms. The van der Waals surface area contributed by atoms with Gasteiger partial charge in [0.25, 0.3) is 5.91 Å². The Kier molecular flexibility index (Phi) is 4.14. The fourth-order valence-corrected chi connectivity index (χ4v) is 3.07. The Morgan fingerprint density at radius 1 is 1.39 bits per heavy atom. The van der Waals surface area contributed by atoms with E-state index in [1.165, 1.54) is 4.90 Å². The van der Waals surface area contributed by atoms with Gasteiger partial charge in [0.2, 0.25) is 0 Å². The molecular formula is C15H20N6O2. The van der Waals surface area contributed by atoms with Gasteiger partial charge in [-0.15, -0.1) is 0 Å². The van der Waals surface area contributed by atoms with Crippen LogP contribution in [0.25, 0.3) is 0 Å².